The highest BCUT2D eigenvalue weighted by Gasteiger charge is 2.24. The Hall–Kier alpha value is -1.89. The Morgan fingerprint density at radius 3 is 2.14 bits per heavy atom. The quantitative estimate of drug-likeness (QED) is 0.828. The first kappa shape index (κ1) is 17.2. The van der Waals surface area contributed by atoms with Gasteiger partial charge in [-0.1, -0.05) is 6.92 Å². The van der Waals surface area contributed by atoms with Crippen LogP contribution in [0.4, 0.5) is 0 Å². The van der Waals surface area contributed by atoms with Gasteiger partial charge in [0.1, 0.15) is 5.75 Å². The lowest BCUT2D eigenvalue weighted by molar-refractivity contribution is -0.120. The molecule has 0 radical (unpaired) electrons. The maximum absolute atomic E-state index is 12.1. The fraction of sp³-hybridized carbons (Fsp3) is 0.429. The number of carbonyl (C=O) groups is 2. The van der Waals surface area contributed by atoms with Gasteiger partial charge in [0.2, 0.25) is 5.91 Å². The van der Waals surface area contributed by atoms with E-state index < -0.39 is 33.0 Å². The maximum atomic E-state index is 12.1. The molecular formula is C14H19NO5S. The molecule has 0 saturated carbocycles. The van der Waals surface area contributed by atoms with Crippen molar-refractivity contribution < 1.29 is 23.1 Å². The van der Waals surface area contributed by atoms with Gasteiger partial charge in [0.05, 0.1) is 10.5 Å². The van der Waals surface area contributed by atoms with Crippen LogP contribution >= 0.6 is 0 Å². The van der Waals surface area contributed by atoms with E-state index in [0.717, 1.165) is 0 Å². The molecule has 2 N–H and O–H groups in total. The first-order valence-electron chi connectivity index (χ1n) is 6.44. The molecule has 1 aromatic carbocycles. The molecule has 1 amide bonds. The molecule has 7 heteroatoms. The standard InChI is InChI=1S/C14H19NO5S/c1-4-14(2,3)15-12(16)9-21(19,20)11-7-5-10(6-8-11)13(17)18/h5-8H,4,9H2,1-3H3,(H,15,16)(H,17,18). The number of carbonyl (C=O) groups excluding carboxylic acids is 1. The maximum Gasteiger partial charge on any atom is 0.335 e. The Morgan fingerprint density at radius 1 is 1.19 bits per heavy atom. The lowest BCUT2D eigenvalue weighted by atomic mass is 10.0. The van der Waals surface area contributed by atoms with Crippen LogP contribution in [0.1, 0.15) is 37.6 Å². The summed E-state index contributed by atoms with van der Waals surface area (Å²) >= 11 is 0. The second-order valence-corrected chi connectivity index (χ2v) is 7.36. The molecule has 6 nitrogen and oxygen atoms in total. The number of carboxylic acid groups (broad SMARTS) is 1. The van der Waals surface area contributed by atoms with Gasteiger partial charge in [-0.15, -0.1) is 0 Å². The second kappa shape index (κ2) is 6.26. The topological polar surface area (TPSA) is 101 Å². The third kappa shape index (κ3) is 4.86. The summed E-state index contributed by atoms with van der Waals surface area (Å²) in [4.78, 5) is 22.4. The summed E-state index contributed by atoms with van der Waals surface area (Å²) in [6.07, 6.45) is 0.673. The van der Waals surface area contributed by atoms with Crippen LogP contribution in [0.3, 0.4) is 0 Å². The van der Waals surface area contributed by atoms with Crippen LogP contribution in [0.15, 0.2) is 29.2 Å². The molecule has 0 aliphatic heterocycles. The van der Waals surface area contributed by atoms with Crippen molar-refractivity contribution >= 4 is 21.7 Å². The summed E-state index contributed by atoms with van der Waals surface area (Å²) in [5.41, 5.74) is -0.481. The number of aromatic carboxylic acids is 1. The summed E-state index contributed by atoms with van der Waals surface area (Å²) in [6, 6.07) is 4.78. The van der Waals surface area contributed by atoms with Gasteiger partial charge >= 0.3 is 5.97 Å². The molecule has 0 spiro atoms. The zero-order valence-electron chi connectivity index (χ0n) is 12.2. The third-order valence-electron chi connectivity index (χ3n) is 3.14. The van der Waals surface area contributed by atoms with Crippen LogP contribution in [0.25, 0.3) is 0 Å². The van der Waals surface area contributed by atoms with Crippen LogP contribution in [0.5, 0.6) is 0 Å². The fourth-order valence-electron chi connectivity index (χ4n) is 1.56. The highest BCUT2D eigenvalue weighted by Crippen LogP contribution is 2.13. The van der Waals surface area contributed by atoms with Crippen molar-refractivity contribution in [3.05, 3.63) is 29.8 Å². The molecule has 0 bridgehead atoms. The van der Waals surface area contributed by atoms with E-state index in [-0.39, 0.29) is 10.5 Å². The third-order valence-corrected chi connectivity index (χ3v) is 4.78. The zero-order valence-corrected chi connectivity index (χ0v) is 13.0. The monoisotopic (exact) mass is 313 g/mol. The van der Waals surface area contributed by atoms with Gasteiger partial charge in [-0.05, 0) is 44.5 Å². The normalized spacial score (nSPS) is 12.0. The largest absolute Gasteiger partial charge is 0.478 e. The summed E-state index contributed by atoms with van der Waals surface area (Å²) in [5.74, 6) is -2.38. The van der Waals surface area contributed by atoms with Crippen molar-refractivity contribution in [1.82, 2.24) is 5.32 Å². The number of amides is 1. The number of rotatable bonds is 6. The average Bonchev–Trinajstić information content (AvgIpc) is 2.37. The van der Waals surface area contributed by atoms with E-state index in [2.05, 4.69) is 5.32 Å². The Morgan fingerprint density at radius 2 is 1.71 bits per heavy atom. The van der Waals surface area contributed by atoms with Crippen molar-refractivity contribution in [3.63, 3.8) is 0 Å². The van der Waals surface area contributed by atoms with Crippen molar-refractivity contribution in [2.24, 2.45) is 0 Å². The van der Waals surface area contributed by atoms with E-state index in [0.29, 0.717) is 6.42 Å². The van der Waals surface area contributed by atoms with Gasteiger partial charge in [-0.2, -0.15) is 0 Å². The first-order valence-corrected chi connectivity index (χ1v) is 8.10. The molecule has 0 aliphatic rings. The van der Waals surface area contributed by atoms with E-state index in [1.165, 1.54) is 24.3 Å². The zero-order chi connectivity index (χ0) is 16.3. The van der Waals surface area contributed by atoms with Gasteiger partial charge in [-0.25, -0.2) is 13.2 Å². The fourth-order valence-corrected chi connectivity index (χ4v) is 2.70. The molecule has 0 fully saturated rings. The minimum atomic E-state index is -3.79. The molecule has 0 atom stereocenters. The van der Waals surface area contributed by atoms with E-state index >= 15 is 0 Å². The van der Waals surface area contributed by atoms with Gasteiger partial charge in [-0.3, -0.25) is 4.79 Å². The molecule has 0 heterocycles. The van der Waals surface area contributed by atoms with Crippen molar-refractivity contribution in [1.29, 1.82) is 0 Å². The summed E-state index contributed by atoms with van der Waals surface area (Å²) in [6.45, 7) is 5.50. The van der Waals surface area contributed by atoms with Crippen LogP contribution < -0.4 is 5.32 Å². The van der Waals surface area contributed by atoms with Crippen LogP contribution in [0, 0.1) is 0 Å². The number of hydrogen-bond acceptors (Lipinski definition) is 4. The van der Waals surface area contributed by atoms with Crippen LogP contribution in [0.2, 0.25) is 0 Å². The minimum absolute atomic E-state index is 0.00878. The molecule has 21 heavy (non-hydrogen) atoms. The molecular weight excluding hydrogens is 294 g/mol. The molecule has 116 valence electrons. The van der Waals surface area contributed by atoms with Crippen molar-refractivity contribution in [2.45, 2.75) is 37.6 Å². The predicted molar refractivity (Wildman–Crippen MR) is 78.0 cm³/mol. The number of benzene rings is 1. The predicted octanol–water partition coefficient (Wildman–Crippen LogP) is 1.46. The van der Waals surface area contributed by atoms with Crippen molar-refractivity contribution in [2.75, 3.05) is 5.75 Å². The SMILES string of the molecule is CCC(C)(C)NC(=O)CS(=O)(=O)c1ccc(C(=O)O)cc1. The van der Waals surface area contributed by atoms with E-state index in [9.17, 15) is 18.0 Å². The van der Waals surface area contributed by atoms with Gasteiger partial charge in [0.15, 0.2) is 9.84 Å². The van der Waals surface area contributed by atoms with E-state index in [1.54, 1.807) is 13.8 Å². The smallest absolute Gasteiger partial charge is 0.335 e. The highest BCUT2D eigenvalue weighted by molar-refractivity contribution is 7.92. The van der Waals surface area contributed by atoms with E-state index in [1.807, 2.05) is 6.92 Å². The number of carboxylic acids is 1. The molecule has 0 aliphatic carbocycles. The van der Waals surface area contributed by atoms with E-state index in [4.69, 9.17) is 5.11 Å². The molecule has 0 unspecified atom stereocenters. The number of sulfone groups is 1. The minimum Gasteiger partial charge on any atom is -0.478 e. The average molecular weight is 313 g/mol. The Balaban J connectivity index is 2.87. The van der Waals surface area contributed by atoms with Gasteiger partial charge in [0, 0.05) is 5.54 Å². The molecule has 1 rings (SSSR count). The summed E-state index contributed by atoms with van der Waals surface area (Å²) in [5, 5.41) is 11.4. The number of nitrogens with one attached hydrogen (secondary N) is 1. The summed E-state index contributed by atoms with van der Waals surface area (Å²) < 4.78 is 24.2. The molecule has 1 aromatic rings. The Kier molecular flexibility index (Phi) is 5.11. The second-order valence-electron chi connectivity index (χ2n) is 5.37. The van der Waals surface area contributed by atoms with Crippen molar-refractivity contribution in [3.8, 4) is 0 Å². The summed E-state index contributed by atoms with van der Waals surface area (Å²) in [7, 11) is -3.79. The lowest BCUT2D eigenvalue weighted by Crippen LogP contribution is -2.45. The van der Waals surface area contributed by atoms with Gasteiger partial charge in [0.25, 0.3) is 0 Å². The Labute approximate surface area is 124 Å². The number of hydrogen-bond donors (Lipinski definition) is 2. The molecule has 0 aromatic heterocycles. The Bertz CT molecular complexity index is 632. The highest BCUT2D eigenvalue weighted by atomic mass is 32.2. The van der Waals surface area contributed by atoms with Crippen LogP contribution in [-0.2, 0) is 14.6 Å². The van der Waals surface area contributed by atoms with Gasteiger partial charge < -0.3 is 10.4 Å². The first-order chi connectivity index (χ1) is 9.57. The lowest BCUT2D eigenvalue weighted by Gasteiger charge is -2.24. The molecule has 0 saturated heterocycles. The van der Waals surface area contributed by atoms with Crippen LogP contribution in [-0.4, -0.2) is 36.7 Å².